The van der Waals surface area contributed by atoms with Crippen LogP contribution >= 0.6 is 15.9 Å². The Kier molecular flexibility index (Phi) is 3.91. The molecule has 0 fully saturated rings. The van der Waals surface area contributed by atoms with Gasteiger partial charge >= 0.3 is 0 Å². The summed E-state index contributed by atoms with van der Waals surface area (Å²) in [4.78, 5) is 4.20. The summed E-state index contributed by atoms with van der Waals surface area (Å²) in [6.07, 6.45) is 0. The van der Waals surface area contributed by atoms with Crippen molar-refractivity contribution in [1.29, 1.82) is 0 Å². The fourth-order valence-electron chi connectivity index (χ4n) is 1.52. The lowest BCUT2D eigenvalue weighted by atomic mass is 10.2. The van der Waals surface area contributed by atoms with E-state index in [-0.39, 0.29) is 5.69 Å². The highest BCUT2D eigenvalue weighted by Gasteiger charge is 2.07. The minimum atomic E-state index is -0.469. The van der Waals surface area contributed by atoms with Crippen molar-refractivity contribution < 1.29 is 8.78 Å². The van der Waals surface area contributed by atoms with Gasteiger partial charge in [-0.3, -0.25) is 0 Å². The highest BCUT2D eigenvalue weighted by Crippen LogP contribution is 2.19. The Morgan fingerprint density at radius 3 is 2.72 bits per heavy atom. The summed E-state index contributed by atoms with van der Waals surface area (Å²) in [5.41, 5.74) is 1.17. The number of aromatic nitrogens is 1. The highest BCUT2D eigenvalue weighted by molar-refractivity contribution is 9.10. The van der Waals surface area contributed by atoms with Gasteiger partial charge in [-0.05, 0) is 46.6 Å². The molecule has 0 bridgehead atoms. The van der Waals surface area contributed by atoms with Crippen LogP contribution in [0.4, 0.5) is 14.5 Å². The number of nitrogens with zero attached hydrogens (tertiary/aromatic N) is 1. The average molecular weight is 313 g/mol. The van der Waals surface area contributed by atoms with Gasteiger partial charge in [-0.2, -0.15) is 0 Å². The maximum absolute atomic E-state index is 13.6. The molecule has 0 spiro atoms. The Hall–Kier alpha value is -1.49. The number of nitrogens with one attached hydrogen (secondary N) is 1. The van der Waals surface area contributed by atoms with E-state index in [9.17, 15) is 8.78 Å². The van der Waals surface area contributed by atoms with E-state index in [1.165, 1.54) is 13.0 Å². The van der Waals surface area contributed by atoms with Gasteiger partial charge in [0.2, 0.25) is 0 Å². The third-order valence-electron chi connectivity index (χ3n) is 2.48. The first-order valence-corrected chi connectivity index (χ1v) is 6.16. The van der Waals surface area contributed by atoms with Gasteiger partial charge < -0.3 is 5.32 Å². The predicted octanol–water partition coefficient (Wildman–Crippen LogP) is 4.04. The van der Waals surface area contributed by atoms with Gasteiger partial charge in [0.05, 0.1) is 17.9 Å². The monoisotopic (exact) mass is 312 g/mol. The topological polar surface area (TPSA) is 24.9 Å². The Morgan fingerprint density at radius 1 is 1.22 bits per heavy atom. The lowest BCUT2D eigenvalue weighted by molar-refractivity contribution is 0.594. The Bertz CT molecular complexity index is 573. The zero-order chi connectivity index (χ0) is 13.1. The Labute approximate surface area is 112 Å². The summed E-state index contributed by atoms with van der Waals surface area (Å²) >= 11 is 3.25. The van der Waals surface area contributed by atoms with E-state index in [0.717, 1.165) is 11.8 Å². The van der Waals surface area contributed by atoms with Crippen LogP contribution in [0.5, 0.6) is 0 Å². The molecule has 0 saturated carbocycles. The molecule has 0 aliphatic heterocycles. The minimum absolute atomic E-state index is 0.139. The van der Waals surface area contributed by atoms with Crippen molar-refractivity contribution in [1.82, 2.24) is 4.98 Å². The van der Waals surface area contributed by atoms with Gasteiger partial charge in [0, 0.05) is 6.07 Å². The molecule has 18 heavy (non-hydrogen) atoms. The molecular formula is C13H11BrF2N2. The molecule has 0 aliphatic rings. The van der Waals surface area contributed by atoms with Crippen LogP contribution in [0.1, 0.15) is 11.3 Å². The summed E-state index contributed by atoms with van der Waals surface area (Å²) in [7, 11) is 0. The van der Waals surface area contributed by atoms with Crippen LogP contribution in [-0.4, -0.2) is 4.98 Å². The highest BCUT2D eigenvalue weighted by atomic mass is 79.9. The molecule has 0 radical (unpaired) electrons. The predicted molar refractivity (Wildman–Crippen MR) is 70.4 cm³/mol. The van der Waals surface area contributed by atoms with E-state index in [1.807, 2.05) is 6.07 Å². The molecule has 2 nitrogen and oxygen atoms in total. The van der Waals surface area contributed by atoms with Crippen LogP contribution in [-0.2, 0) is 6.54 Å². The second-order valence-electron chi connectivity index (χ2n) is 3.89. The third kappa shape index (κ3) is 3.04. The largest absolute Gasteiger partial charge is 0.377 e. The second-order valence-corrected chi connectivity index (χ2v) is 4.70. The molecule has 0 saturated heterocycles. The first-order chi connectivity index (χ1) is 8.56. The molecular weight excluding hydrogens is 302 g/mol. The molecule has 1 aromatic carbocycles. The molecule has 0 atom stereocenters. The number of hydrogen-bond acceptors (Lipinski definition) is 2. The zero-order valence-corrected chi connectivity index (χ0v) is 11.3. The van der Waals surface area contributed by atoms with Crippen LogP contribution in [0.2, 0.25) is 0 Å². The van der Waals surface area contributed by atoms with Crippen LogP contribution in [0.25, 0.3) is 0 Å². The molecule has 1 N–H and O–H groups in total. The molecule has 0 aliphatic carbocycles. The lowest BCUT2D eigenvalue weighted by Gasteiger charge is -2.08. The number of rotatable bonds is 3. The summed E-state index contributed by atoms with van der Waals surface area (Å²) in [5.74, 6) is -0.898. The van der Waals surface area contributed by atoms with Crippen LogP contribution < -0.4 is 5.32 Å². The number of halogens is 3. The summed E-state index contributed by atoms with van der Waals surface area (Å²) in [5, 5.41) is 2.83. The summed E-state index contributed by atoms with van der Waals surface area (Å²) in [6.45, 7) is 1.86. The number of pyridine rings is 1. The van der Waals surface area contributed by atoms with Crippen molar-refractivity contribution in [2.45, 2.75) is 13.5 Å². The van der Waals surface area contributed by atoms with E-state index in [2.05, 4.69) is 26.2 Å². The summed E-state index contributed by atoms with van der Waals surface area (Å²) < 4.78 is 27.6. The molecule has 5 heteroatoms. The molecule has 0 unspecified atom stereocenters. The maximum Gasteiger partial charge on any atom is 0.146 e. The van der Waals surface area contributed by atoms with Crippen molar-refractivity contribution >= 4 is 21.6 Å². The van der Waals surface area contributed by atoms with Crippen LogP contribution in [0, 0.1) is 18.6 Å². The van der Waals surface area contributed by atoms with Gasteiger partial charge in [0.25, 0.3) is 0 Å². The molecule has 94 valence electrons. The SMILES string of the molecule is Cc1cc(F)c(NCc2cccc(Br)n2)cc1F. The van der Waals surface area contributed by atoms with Gasteiger partial charge in [-0.1, -0.05) is 6.07 Å². The van der Waals surface area contributed by atoms with Crippen molar-refractivity contribution in [2.24, 2.45) is 0 Å². The van der Waals surface area contributed by atoms with Crippen molar-refractivity contribution in [2.75, 3.05) is 5.32 Å². The molecule has 1 aromatic heterocycles. The second kappa shape index (κ2) is 5.44. The van der Waals surface area contributed by atoms with E-state index in [4.69, 9.17) is 0 Å². The molecule has 1 heterocycles. The number of aryl methyl sites for hydroxylation is 1. The smallest absolute Gasteiger partial charge is 0.146 e. The standard InChI is InChI=1S/C13H11BrF2N2/c1-8-5-11(16)12(6-10(8)15)17-7-9-3-2-4-13(14)18-9/h2-6,17H,7H2,1H3. The van der Waals surface area contributed by atoms with Crippen molar-refractivity contribution in [3.8, 4) is 0 Å². The fourth-order valence-corrected chi connectivity index (χ4v) is 1.90. The van der Waals surface area contributed by atoms with Crippen molar-refractivity contribution in [3.05, 3.63) is 57.8 Å². The first kappa shape index (κ1) is 13.0. The zero-order valence-electron chi connectivity index (χ0n) is 9.67. The average Bonchev–Trinajstić information content (AvgIpc) is 2.32. The quantitative estimate of drug-likeness (QED) is 0.865. The van der Waals surface area contributed by atoms with Gasteiger partial charge in [-0.25, -0.2) is 13.8 Å². The van der Waals surface area contributed by atoms with Gasteiger partial charge in [0.1, 0.15) is 16.2 Å². The maximum atomic E-state index is 13.6. The van der Waals surface area contributed by atoms with E-state index < -0.39 is 11.6 Å². The number of benzene rings is 1. The third-order valence-corrected chi connectivity index (χ3v) is 2.92. The van der Waals surface area contributed by atoms with Gasteiger partial charge in [0.15, 0.2) is 0 Å². The Morgan fingerprint density at radius 2 is 2.00 bits per heavy atom. The molecule has 0 amide bonds. The lowest BCUT2D eigenvalue weighted by Crippen LogP contribution is -2.04. The fraction of sp³-hybridized carbons (Fsp3) is 0.154. The van der Waals surface area contributed by atoms with Crippen LogP contribution in [0.3, 0.4) is 0 Å². The summed E-state index contributed by atoms with van der Waals surface area (Å²) in [6, 6.07) is 7.77. The van der Waals surface area contributed by atoms with Crippen LogP contribution in [0.15, 0.2) is 34.9 Å². The Balaban J connectivity index is 2.13. The van der Waals surface area contributed by atoms with E-state index in [1.54, 1.807) is 12.1 Å². The van der Waals surface area contributed by atoms with Gasteiger partial charge in [-0.15, -0.1) is 0 Å². The molecule has 2 aromatic rings. The minimum Gasteiger partial charge on any atom is -0.377 e. The van der Waals surface area contributed by atoms with E-state index >= 15 is 0 Å². The molecule has 2 rings (SSSR count). The van der Waals surface area contributed by atoms with E-state index in [0.29, 0.717) is 16.7 Å². The van der Waals surface area contributed by atoms with Crippen molar-refractivity contribution in [3.63, 3.8) is 0 Å². The first-order valence-electron chi connectivity index (χ1n) is 5.37. The number of hydrogen-bond donors (Lipinski definition) is 1. The number of anilines is 1. The normalized spacial score (nSPS) is 10.4.